The van der Waals surface area contributed by atoms with Crippen molar-refractivity contribution in [2.45, 2.75) is 31.7 Å². The molecule has 1 aromatic heterocycles. The summed E-state index contributed by atoms with van der Waals surface area (Å²) in [6, 6.07) is 14.3. The van der Waals surface area contributed by atoms with Gasteiger partial charge in [-0.1, -0.05) is 42.5 Å². The van der Waals surface area contributed by atoms with E-state index in [1.807, 2.05) is 30.3 Å². The summed E-state index contributed by atoms with van der Waals surface area (Å²) in [7, 11) is 0. The highest BCUT2D eigenvalue weighted by Gasteiger charge is 2.28. The number of rotatable bonds is 6. The Kier molecular flexibility index (Phi) is 5.44. The van der Waals surface area contributed by atoms with Crippen LogP contribution in [-0.2, 0) is 6.42 Å². The van der Waals surface area contributed by atoms with E-state index >= 15 is 0 Å². The first kappa shape index (κ1) is 18.9. The van der Waals surface area contributed by atoms with E-state index in [1.54, 1.807) is 6.07 Å². The van der Waals surface area contributed by atoms with Crippen LogP contribution in [0.3, 0.4) is 0 Å². The zero-order valence-electron chi connectivity index (χ0n) is 14.8. The molecule has 0 bridgehead atoms. The number of pyridine rings is 1. The van der Waals surface area contributed by atoms with E-state index in [4.69, 9.17) is 0 Å². The number of fused-ring (bicyclic) bond motifs is 1. The minimum absolute atomic E-state index is 0.162. The van der Waals surface area contributed by atoms with Crippen LogP contribution in [0, 0.1) is 5.82 Å². The van der Waals surface area contributed by atoms with Gasteiger partial charge in [-0.15, -0.1) is 0 Å². The van der Waals surface area contributed by atoms with Crippen molar-refractivity contribution in [3.05, 3.63) is 77.7 Å². The lowest BCUT2D eigenvalue weighted by Crippen LogP contribution is -2.40. The Bertz CT molecular complexity index is 939. The van der Waals surface area contributed by atoms with Crippen LogP contribution >= 0.6 is 0 Å². The fourth-order valence-electron chi connectivity index (χ4n) is 3.02. The number of carbonyl (C=O) groups is 1. The molecule has 0 saturated heterocycles. The number of hydrogen-bond donors (Lipinski definition) is 1. The molecule has 140 valence electrons. The van der Waals surface area contributed by atoms with Crippen molar-refractivity contribution in [2.75, 3.05) is 0 Å². The molecule has 1 N–H and O–H groups in total. The lowest BCUT2D eigenvalue weighted by atomic mass is 10.00. The highest BCUT2D eigenvalue weighted by Crippen LogP contribution is 2.22. The number of hydrogen-bond acceptors (Lipinski definition) is 2. The van der Waals surface area contributed by atoms with Crippen LogP contribution in [0.25, 0.3) is 10.9 Å². The maximum absolute atomic E-state index is 13.7. The molecule has 2 aromatic carbocycles. The first-order valence-corrected chi connectivity index (χ1v) is 8.59. The summed E-state index contributed by atoms with van der Waals surface area (Å²) in [5.74, 6) is -3.91. The molecule has 6 heteroatoms. The van der Waals surface area contributed by atoms with Crippen molar-refractivity contribution in [1.29, 1.82) is 0 Å². The van der Waals surface area contributed by atoms with Crippen LogP contribution in [0.2, 0.25) is 0 Å². The SMILES string of the molecule is CC(F)(F)C[C@@H](Cc1ccccc1)NC(=O)c1cnc2c(F)cccc2c1. The van der Waals surface area contributed by atoms with Crippen molar-refractivity contribution in [3.8, 4) is 0 Å². The second-order valence-corrected chi connectivity index (χ2v) is 6.67. The van der Waals surface area contributed by atoms with Gasteiger partial charge < -0.3 is 5.32 Å². The summed E-state index contributed by atoms with van der Waals surface area (Å²) in [6.45, 7) is 0.831. The monoisotopic (exact) mass is 372 g/mol. The Labute approximate surface area is 155 Å². The number of alkyl halides is 2. The molecule has 0 spiro atoms. The van der Waals surface area contributed by atoms with Crippen LogP contribution in [0.15, 0.2) is 60.8 Å². The summed E-state index contributed by atoms with van der Waals surface area (Å²) >= 11 is 0. The summed E-state index contributed by atoms with van der Waals surface area (Å²) in [5.41, 5.74) is 1.21. The van der Waals surface area contributed by atoms with Crippen molar-refractivity contribution in [1.82, 2.24) is 10.3 Å². The molecule has 0 aliphatic rings. The molecule has 3 rings (SSSR count). The van der Waals surface area contributed by atoms with Crippen LogP contribution in [0.4, 0.5) is 13.2 Å². The summed E-state index contributed by atoms with van der Waals surface area (Å²) in [6.07, 6.45) is 1.05. The molecule has 0 saturated carbocycles. The molecule has 0 fully saturated rings. The van der Waals surface area contributed by atoms with E-state index in [-0.39, 0.29) is 17.5 Å². The van der Waals surface area contributed by atoms with Gasteiger partial charge >= 0.3 is 0 Å². The molecule has 1 atom stereocenters. The van der Waals surface area contributed by atoms with Gasteiger partial charge in [0.25, 0.3) is 5.91 Å². The molecular formula is C21H19F3N2O. The van der Waals surface area contributed by atoms with E-state index in [1.165, 1.54) is 24.4 Å². The van der Waals surface area contributed by atoms with Crippen LogP contribution in [0.1, 0.15) is 29.3 Å². The normalized spacial score (nSPS) is 12.7. The molecule has 0 radical (unpaired) electrons. The number of carbonyl (C=O) groups excluding carboxylic acids is 1. The third-order valence-corrected chi connectivity index (χ3v) is 4.19. The Morgan fingerprint density at radius 1 is 1.15 bits per heavy atom. The van der Waals surface area contributed by atoms with E-state index in [2.05, 4.69) is 10.3 Å². The molecule has 3 aromatic rings. The van der Waals surface area contributed by atoms with Gasteiger partial charge in [-0.25, -0.2) is 13.2 Å². The quantitative estimate of drug-likeness (QED) is 0.678. The van der Waals surface area contributed by atoms with E-state index in [9.17, 15) is 18.0 Å². The summed E-state index contributed by atoms with van der Waals surface area (Å²) < 4.78 is 40.9. The van der Waals surface area contributed by atoms with Gasteiger partial charge in [0.1, 0.15) is 11.3 Å². The number of amides is 1. The molecule has 0 aliphatic heterocycles. The Morgan fingerprint density at radius 2 is 1.89 bits per heavy atom. The van der Waals surface area contributed by atoms with Crippen molar-refractivity contribution >= 4 is 16.8 Å². The minimum Gasteiger partial charge on any atom is -0.349 e. The predicted octanol–water partition coefficient (Wildman–Crippen LogP) is 4.76. The lowest BCUT2D eigenvalue weighted by molar-refractivity contribution is 0.00322. The first-order chi connectivity index (χ1) is 12.8. The average Bonchev–Trinajstić information content (AvgIpc) is 2.61. The standard InChI is InChI=1S/C21H19F3N2O/c1-21(23,24)12-17(10-14-6-3-2-4-7-14)26-20(27)16-11-15-8-5-9-18(22)19(15)25-13-16/h2-9,11,13,17H,10,12H2,1H3,(H,26,27)/t17-/m1/s1. The second kappa shape index (κ2) is 7.78. The molecular weight excluding hydrogens is 353 g/mol. The van der Waals surface area contributed by atoms with Gasteiger partial charge in [-0.3, -0.25) is 9.78 Å². The van der Waals surface area contributed by atoms with Crippen molar-refractivity contribution in [2.24, 2.45) is 0 Å². The fraction of sp³-hybridized carbons (Fsp3) is 0.238. The van der Waals surface area contributed by atoms with Crippen LogP contribution < -0.4 is 5.32 Å². The van der Waals surface area contributed by atoms with E-state index in [0.717, 1.165) is 12.5 Å². The van der Waals surface area contributed by atoms with Crippen LogP contribution in [0.5, 0.6) is 0 Å². The Hall–Kier alpha value is -2.89. The number of aromatic nitrogens is 1. The maximum Gasteiger partial charge on any atom is 0.253 e. The van der Waals surface area contributed by atoms with E-state index < -0.39 is 30.1 Å². The van der Waals surface area contributed by atoms with Crippen LogP contribution in [-0.4, -0.2) is 22.9 Å². The Balaban J connectivity index is 1.81. The number of halogens is 3. The largest absolute Gasteiger partial charge is 0.349 e. The molecule has 27 heavy (non-hydrogen) atoms. The first-order valence-electron chi connectivity index (χ1n) is 8.59. The highest BCUT2D eigenvalue weighted by molar-refractivity contribution is 5.97. The number of benzene rings is 2. The van der Waals surface area contributed by atoms with Gasteiger partial charge in [0, 0.05) is 24.0 Å². The third kappa shape index (κ3) is 5.06. The zero-order valence-corrected chi connectivity index (χ0v) is 14.8. The van der Waals surface area contributed by atoms with Crippen molar-refractivity contribution in [3.63, 3.8) is 0 Å². The average molecular weight is 372 g/mol. The summed E-state index contributed by atoms with van der Waals surface area (Å²) in [4.78, 5) is 16.6. The predicted molar refractivity (Wildman–Crippen MR) is 98.3 cm³/mol. The number of para-hydroxylation sites is 1. The van der Waals surface area contributed by atoms with Crippen molar-refractivity contribution < 1.29 is 18.0 Å². The minimum atomic E-state index is -2.92. The van der Waals surface area contributed by atoms with Gasteiger partial charge in [0.2, 0.25) is 5.92 Å². The number of nitrogens with zero attached hydrogens (tertiary/aromatic N) is 1. The lowest BCUT2D eigenvalue weighted by Gasteiger charge is -2.22. The molecule has 0 aliphatic carbocycles. The molecule has 3 nitrogen and oxygen atoms in total. The molecule has 1 amide bonds. The van der Waals surface area contributed by atoms with Gasteiger partial charge in [-0.2, -0.15) is 0 Å². The topological polar surface area (TPSA) is 42.0 Å². The van der Waals surface area contributed by atoms with E-state index in [0.29, 0.717) is 5.39 Å². The zero-order chi connectivity index (χ0) is 19.4. The smallest absolute Gasteiger partial charge is 0.253 e. The van der Waals surface area contributed by atoms with Gasteiger partial charge in [-0.05, 0) is 31.0 Å². The molecule has 0 unspecified atom stereocenters. The third-order valence-electron chi connectivity index (χ3n) is 4.19. The van der Waals surface area contributed by atoms with Gasteiger partial charge in [0.15, 0.2) is 0 Å². The molecule has 1 heterocycles. The summed E-state index contributed by atoms with van der Waals surface area (Å²) in [5, 5.41) is 3.14. The second-order valence-electron chi connectivity index (χ2n) is 6.67. The fourth-order valence-corrected chi connectivity index (χ4v) is 3.02. The highest BCUT2D eigenvalue weighted by atomic mass is 19.3. The number of nitrogens with one attached hydrogen (secondary N) is 1. The van der Waals surface area contributed by atoms with Gasteiger partial charge in [0.05, 0.1) is 5.56 Å². The Morgan fingerprint density at radius 3 is 2.59 bits per heavy atom. The maximum atomic E-state index is 13.7.